The fourth-order valence-corrected chi connectivity index (χ4v) is 1.71. The third-order valence-corrected chi connectivity index (χ3v) is 2.40. The molecule has 1 unspecified atom stereocenters. The zero-order chi connectivity index (χ0) is 15.3. The first-order chi connectivity index (χ1) is 9.35. The Morgan fingerprint density at radius 3 is 1.80 bits per heavy atom. The minimum atomic E-state index is -1.10. The van der Waals surface area contributed by atoms with Crippen molar-refractivity contribution in [1.29, 1.82) is 0 Å². The van der Waals surface area contributed by atoms with Gasteiger partial charge in [0.25, 0.3) is 0 Å². The van der Waals surface area contributed by atoms with Crippen LogP contribution < -0.4 is 0 Å². The van der Waals surface area contributed by atoms with Gasteiger partial charge >= 0.3 is 19.1 Å². The summed E-state index contributed by atoms with van der Waals surface area (Å²) in [6.07, 6.45) is -0.845. The molecule has 0 saturated carbocycles. The summed E-state index contributed by atoms with van der Waals surface area (Å²) in [5, 5.41) is 0. The molecule has 0 spiro atoms. The first-order valence-corrected chi connectivity index (χ1v) is 6.68. The van der Waals surface area contributed by atoms with E-state index in [0.717, 1.165) is 0 Å². The third-order valence-electron chi connectivity index (χ3n) is 2.40. The highest BCUT2D eigenvalue weighted by Crippen LogP contribution is 2.22. The lowest BCUT2D eigenvalue weighted by Crippen LogP contribution is -2.40. The molecule has 0 amide bonds. The molecule has 0 aliphatic carbocycles. The van der Waals surface area contributed by atoms with E-state index in [0.29, 0.717) is 6.32 Å². The number of carbonyl (C=O) groups is 2. The van der Waals surface area contributed by atoms with E-state index in [4.69, 9.17) is 18.8 Å². The maximum absolute atomic E-state index is 11.9. The van der Waals surface area contributed by atoms with Crippen LogP contribution in [0.4, 0.5) is 0 Å². The third kappa shape index (κ3) is 4.65. The minimum Gasteiger partial charge on any atom is -0.461 e. The van der Waals surface area contributed by atoms with Crippen LogP contribution in [0, 0.1) is 0 Å². The van der Waals surface area contributed by atoms with E-state index in [1.54, 1.807) is 33.8 Å². The van der Waals surface area contributed by atoms with Gasteiger partial charge in [-0.05, 0) is 27.7 Å². The van der Waals surface area contributed by atoms with Gasteiger partial charge in [-0.3, -0.25) is 0 Å². The largest absolute Gasteiger partial charge is 0.462 e. The summed E-state index contributed by atoms with van der Waals surface area (Å²) in [4.78, 5) is 23.9. The maximum atomic E-state index is 11.9. The summed E-state index contributed by atoms with van der Waals surface area (Å²) >= 11 is 0. The molecule has 0 aromatic carbocycles. The lowest BCUT2D eigenvalue weighted by Gasteiger charge is -2.18. The van der Waals surface area contributed by atoms with Gasteiger partial charge in [-0.2, -0.15) is 0 Å². The number of rotatable bonds is 6. The lowest BCUT2D eigenvalue weighted by molar-refractivity contribution is -0.167. The lowest BCUT2D eigenvalue weighted by atomic mass is 9.85. The van der Waals surface area contributed by atoms with E-state index in [1.807, 2.05) is 0 Å². The summed E-state index contributed by atoms with van der Waals surface area (Å²) in [6.45, 7) is 10.4. The molecule has 1 fully saturated rings. The molecule has 0 aromatic heterocycles. The summed E-state index contributed by atoms with van der Waals surface area (Å²) in [5.74, 6) is -1.26. The molecule has 112 valence electrons. The van der Waals surface area contributed by atoms with E-state index >= 15 is 0 Å². The van der Waals surface area contributed by atoms with Crippen LogP contribution >= 0.6 is 0 Å². The van der Waals surface area contributed by atoms with Crippen LogP contribution in [-0.4, -0.2) is 43.5 Å². The smallest absolute Gasteiger partial charge is 0.461 e. The van der Waals surface area contributed by atoms with Gasteiger partial charge in [0.1, 0.15) is 0 Å². The predicted molar refractivity (Wildman–Crippen MR) is 73.0 cm³/mol. The molecule has 0 N–H and O–H groups in total. The number of ether oxygens (including phenoxy) is 2. The van der Waals surface area contributed by atoms with Crippen LogP contribution in [0.1, 0.15) is 27.7 Å². The highest BCUT2D eigenvalue weighted by molar-refractivity contribution is 6.46. The van der Waals surface area contributed by atoms with Crippen molar-refractivity contribution >= 4 is 19.1 Å². The van der Waals surface area contributed by atoms with Crippen LogP contribution in [0.15, 0.2) is 12.7 Å². The zero-order valence-corrected chi connectivity index (χ0v) is 12.3. The van der Waals surface area contributed by atoms with E-state index in [-0.39, 0.29) is 12.2 Å². The van der Waals surface area contributed by atoms with Gasteiger partial charge < -0.3 is 18.8 Å². The van der Waals surface area contributed by atoms with Crippen molar-refractivity contribution in [3.05, 3.63) is 12.7 Å². The van der Waals surface area contributed by atoms with Crippen molar-refractivity contribution < 1.29 is 28.4 Å². The number of hydrogen-bond donors (Lipinski definition) is 0. The van der Waals surface area contributed by atoms with Crippen molar-refractivity contribution in [3.8, 4) is 0 Å². The Morgan fingerprint density at radius 2 is 1.50 bits per heavy atom. The van der Waals surface area contributed by atoms with Gasteiger partial charge in [0.2, 0.25) is 0 Å². The quantitative estimate of drug-likeness (QED) is 0.416. The van der Waals surface area contributed by atoms with Gasteiger partial charge in [-0.25, -0.2) is 9.59 Å². The zero-order valence-electron chi connectivity index (χ0n) is 12.3. The summed E-state index contributed by atoms with van der Waals surface area (Å²) in [6, 6.07) is 0. The molecule has 1 heterocycles. The highest BCUT2D eigenvalue weighted by Gasteiger charge is 2.48. The molecule has 1 aliphatic rings. The van der Waals surface area contributed by atoms with Crippen molar-refractivity contribution in [3.63, 3.8) is 0 Å². The molecule has 1 saturated heterocycles. The van der Waals surface area contributed by atoms with E-state index in [2.05, 4.69) is 6.58 Å². The van der Waals surface area contributed by atoms with Gasteiger partial charge in [-0.1, -0.05) is 6.08 Å². The van der Waals surface area contributed by atoms with Crippen molar-refractivity contribution in [2.45, 2.75) is 58.4 Å². The standard InChI is InChI=1S/C13H21BO6/c1-6-7-14-19-10(12(15)17-8(2)3)11(20-14)13(16)18-9(4)5/h6,8-11H,1,7H2,2-5H3/t10-,11?/m0/s1. The first kappa shape index (κ1) is 16.7. The fourth-order valence-electron chi connectivity index (χ4n) is 1.71. The molecule has 20 heavy (non-hydrogen) atoms. The highest BCUT2D eigenvalue weighted by atomic mass is 16.7. The molecule has 6 nitrogen and oxygen atoms in total. The fraction of sp³-hybridized carbons (Fsp3) is 0.692. The van der Waals surface area contributed by atoms with Crippen LogP contribution in [0.2, 0.25) is 6.32 Å². The molecule has 7 heteroatoms. The SMILES string of the molecule is C=CCB1OC(C(=O)OC(C)C)[C@@H](C(=O)OC(C)C)O1. The molecule has 1 aliphatic heterocycles. The van der Waals surface area contributed by atoms with Gasteiger partial charge in [0.05, 0.1) is 12.2 Å². The van der Waals surface area contributed by atoms with E-state index < -0.39 is 31.3 Å². The minimum absolute atomic E-state index is 0.300. The van der Waals surface area contributed by atoms with Crippen LogP contribution in [-0.2, 0) is 28.4 Å². The molecule has 0 radical (unpaired) electrons. The van der Waals surface area contributed by atoms with Crippen molar-refractivity contribution in [2.24, 2.45) is 0 Å². The Hall–Kier alpha value is -1.34. The molecule has 1 rings (SSSR count). The van der Waals surface area contributed by atoms with Crippen LogP contribution in [0.25, 0.3) is 0 Å². The first-order valence-electron chi connectivity index (χ1n) is 6.68. The molecular formula is C13H21BO6. The monoisotopic (exact) mass is 284 g/mol. The van der Waals surface area contributed by atoms with Gasteiger partial charge in [-0.15, -0.1) is 6.58 Å². The molecule has 2 atom stereocenters. The van der Waals surface area contributed by atoms with Crippen LogP contribution in [0.5, 0.6) is 0 Å². The Bertz CT molecular complexity index is 338. The molecule has 0 aromatic rings. The van der Waals surface area contributed by atoms with Crippen LogP contribution in [0.3, 0.4) is 0 Å². The number of hydrogen-bond acceptors (Lipinski definition) is 6. The molecule has 0 bridgehead atoms. The average molecular weight is 284 g/mol. The number of esters is 2. The topological polar surface area (TPSA) is 71.1 Å². The van der Waals surface area contributed by atoms with Crippen molar-refractivity contribution in [1.82, 2.24) is 0 Å². The van der Waals surface area contributed by atoms with Gasteiger partial charge in [0.15, 0.2) is 12.2 Å². The second-order valence-electron chi connectivity index (χ2n) is 5.04. The second-order valence-corrected chi connectivity index (χ2v) is 5.04. The predicted octanol–water partition coefficient (Wildman–Crippen LogP) is 1.35. The van der Waals surface area contributed by atoms with Gasteiger partial charge in [0, 0.05) is 6.32 Å². The maximum Gasteiger partial charge on any atom is 0.462 e. The average Bonchev–Trinajstić information content (AvgIpc) is 2.72. The Kier molecular flexibility index (Phi) is 6.23. The summed E-state index contributed by atoms with van der Waals surface area (Å²) < 4.78 is 21.0. The number of allylic oxidation sites excluding steroid dienone is 1. The molecular weight excluding hydrogens is 263 g/mol. The van der Waals surface area contributed by atoms with E-state index in [1.165, 1.54) is 0 Å². The normalized spacial score (nSPS) is 22.2. The van der Waals surface area contributed by atoms with E-state index in [9.17, 15) is 9.59 Å². The number of carbonyl (C=O) groups excluding carboxylic acids is 2. The Balaban J connectivity index is 2.77. The second kappa shape index (κ2) is 7.45. The summed E-state index contributed by atoms with van der Waals surface area (Å²) in [7, 11) is -0.693. The Morgan fingerprint density at radius 1 is 1.10 bits per heavy atom. The van der Waals surface area contributed by atoms with Crippen molar-refractivity contribution in [2.75, 3.05) is 0 Å². The summed E-state index contributed by atoms with van der Waals surface area (Å²) in [5.41, 5.74) is 0. The Labute approximate surface area is 119 Å².